The number of alkyl carbamates (subject to hydrolysis) is 1. The van der Waals surface area contributed by atoms with Gasteiger partial charge in [0.2, 0.25) is 5.91 Å². The Morgan fingerprint density at radius 3 is 2.20 bits per heavy atom. The van der Waals surface area contributed by atoms with E-state index in [1.54, 1.807) is 26.8 Å². The molecule has 0 unspecified atom stereocenters. The highest BCUT2D eigenvalue weighted by Crippen LogP contribution is 2.26. The van der Waals surface area contributed by atoms with Gasteiger partial charge in [-0.25, -0.2) is 9.59 Å². The van der Waals surface area contributed by atoms with Gasteiger partial charge in [0.1, 0.15) is 5.60 Å². The molecule has 0 aromatic heterocycles. The third-order valence-electron chi connectivity index (χ3n) is 7.65. The number of hydrogen-bond acceptors (Lipinski definition) is 6. The molecular formula is C36H44N4O5. The van der Waals surface area contributed by atoms with Gasteiger partial charge >= 0.3 is 12.1 Å². The molecule has 3 aromatic rings. The fourth-order valence-corrected chi connectivity index (χ4v) is 5.52. The van der Waals surface area contributed by atoms with Gasteiger partial charge in [-0.15, -0.1) is 0 Å². The van der Waals surface area contributed by atoms with E-state index in [9.17, 15) is 19.5 Å². The zero-order valence-corrected chi connectivity index (χ0v) is 26.7. The average molecular weight is 613 g/mol. The van der Waals surface area contributed by atoms with Crippen molar-refractivity contribution in [3.05, 3.63) is 102 Å². The molecule has 3 atom stereocenters. The van der Waals surface area contributed by atoms with Crippen LogP contribution in [0.15, 0.2) is 89.9 Å². The van der Waals surface area contributed by atoms with Gasteiger partial charge in [0.25, 0.3) is 0 Å². The number of hydrogen-bond donors (Lipinski definition) is 3. The number of aliphatic carboxylic acids is 1. The van der Waals surface area contributed by atoms with Crippen molar-refractivity contribution in [2.24, 2.45) is 10.9 Å². The molecule has 1 saturated heterocycles. The number of para-hydroxylation sites is 1. The predicted octanol–water partition coefficient (Wildman–Crippen LogP) is 6.13. The Kier molecular flexibility index (Phi) is 11.1. The summed E-state index contributed by atoms with van der Waals surface area (Å²) in [5.74, 6) is -1.60. The summed E-state index contributed by atoms with van der Waals surface area (Å²) in [7, 11) is 0. The molecule has 3 aromatic carbocycles. The standard InChI is InChI=1S/C36H44N4O5/c1-24(2)30(39-35(44)45-36(3,4)5)32(34(42)43)38-31(26-17-10-7-11-18-26)27-19-12-13-20-28(27)37-33(41)29-21-14-22-40(29)23-25-15-8-6-9-16-25/h6-13,15-20,24,29-30,32H,14,21-23H2,1-5H3,(H,37,41)(H,39,44)(H,42,43)/t29-,30+,32-/m1/s1. The van der Waals surface area contributed by atoms with Crippen molar-refractivity contribution in [2.45, 2.75) is 77.7 Å². The summed E-state index contributed by atoms with van der Waals surface area (Å²) in [6.07, 6.45) is 0.951. The Balaban J connectivity index is 1.69. The van der Waals surface area contributed by atoms with Crippen molar-refractivity contribution < 1.29 is 24.2 Å². The largest absolute Gasteiger partial charge is 0.480 e. The van der Waals surface area contributed by atoms with Gasteiger partial charge in [-0.3, -0.25) is 14.7 Å². The molecule has 1 fully saturated rings. The Labute approximate surface area is 265 Å². The molecule has 1 aliphatic heterocycles. The lowest BCUT2D eigenvalue weighted by atomic mass is 9.95. The van der Waals surface area contributed by atoms with Gasteiger partial charge in [-0.05, 0) is 57.7 Å². The van der Waals surface area contributed by atoms with Crippen LogP contribution in [0, 0.1) is 5.92 Å². The van der Waals surface area contributed by atoms with Gasteiger partial charge in [-0.2, -0.15) is 0 Å². The molecule has 4 rings (SSSR count). The van der Waals surface area contributed by atoms with Gasteiger partial charge < -0.3 is 20.5 Å². The van der Waals surface area contributed by atoms with Crippen molar-refractivity contribution in [1.82, 2.24) is 10.2 Å². The Hall–Kier alpha value is -4.50. The van der Waals surface area contributed by atoms with E-state index < -0.39 is 29.7 Å². The smallest absolute Gasteiger partial charge is 0.407 e. The first kappa shape index (κ1) is 33.4. The van der Waals surface area contributed by atoms with Gasteiger partial charge in [-0.1, -0.05) is 92.7 Å². The maximum atomic E-state index is 13.7. The molecule has 0 radical (unpaired) electrons. The zero-order chi connectivity index (χ0) is 32.6. The second-order valence-electron chi connectivity index (χ2n) is 12.7. The Morgan fingerprint density at radius 1 is 0.956 bits per heavy atom. The molecule has 9 nitrogen and oxygen atoms in total. The van der Waals surface area contributed by atoms with Crippen LogP contribution in [0.25, 0.3) is 0 Å². The molecule has 9 heteroatoms. The van der Waals surface area contributed by atoms with E-state index in [4.69, 9.17) is 9.73 Å². The van der Waals surface area contributed by atoms with E-state index in [1.165, 1.54) is 0 Å². The molecule has 1 heterocycles. The van der Waals surface area contributed by atoms with Gasteiger partial charge in [0, 0.05) is 17.7 Å². The molecular weight excluding hydrogens is 568 g/mol. The Morgan fingerprint density at radius 2 is 1.58 bits per heavy atom. The van der Waals surface area contributed by atoms with E-state index in [2.05, 4.69) is 27.7 Å². The summed E-state index contributed by atoms with van der Waals surface area (Å²) >= 11 is 0. The normalized spacial score (nSPS) is 17.0. The number of likely N-dealkylation sites (tertiary alicyclic amines) is 1. The summed E-state index contributed by atoms with van der Waals surface area (Å²) in [6, 6.07) is 24.1. The minimum atomic E-state index is -1.34. The summed E-state index contributed by atoms with van der Waals surface area (Å²) in [5.41, 5.74) is 2.57. The monoisotopic (exact) mass is 612 g/mol. The van der Waals surface area contributed by atoms with Crippen molar-refractivity contribution in [2.75, 3.05) is 11.9 Å². The van der Waals surface area contributed by atoms with Crippen molar-refractivity contribution in [3.8, 4) is 0 Å². The first-order valence-electron chi connectivity index (χ1n) is 15.5. The van der Waals surface area contributed by atoms with Crippen molar-refractivity contribution >= 4 is 29.4 Å². The van der Waals surface area contributed by atoms with Crippen LogP contribution >= 0.6 is 0 Å². The summed E-state index contributed by atoms with van der Waals surface area (Å²) in [5, 5.41) is 16.3. The lowest BCUT2D eigenvalue weighted by Crippen LogP contribution is -2.50. The van der Waals surface area contributed by atoms with Crippen LogP contribution in [0.2, 0.25) is 0 Å². The number of ether oxygens (including phenoxy) is 1. The minimum Gasteiger partial charge on any atom is -0.480 e. The number of aliphatic imine (C=N–C) groups is 1. The fourth-order valence-electron chi connectivity index (χ4n) is 5.52. The first-order chi connectivity index (χ1) is 21.4. The highest BCUT2D eigenvalue weighted by Gasteiger charge is 2.35. The number of nitrogens with one attached hydrogen (secondary N) is 2. The van der Waals surface area contributed by atoms with E-state index >= 15 is 0 Å². The third-order valence-corrected chi connectivity index (χ3v) is 7.65. The molecule has 2 amide bonds. The van der Waals surface area contributed by atoms with E-state index in [0.717, 1.165) is 24.9 Å². The fraction of sp³-hybridized carbons (Fsp3) is 0.389. The second kappa shape index (κ2) is 15.0. The maximum Gasteiger partial charge on any atom is 0.407 e. The van der Waals surface area contributed by atoms with E-state index in [0.29, 0.717) is 29.1 Å². The number of carbonyl (C=O) groups excluding carboxylic acids is 2. The highest BCUT2D eigenvalue weighted by molar-refractivity contribution is 6.17. The summed E-state index contributed by atoms with van der Waals surface area (Å²) < 4.78 is 5.44. The van der Waals surface area contributed by atoms with Crippen molar-refractivity contribution in [3.63, 3.8) is 0 Å². The van der Waals surface area contributed by atoms with Crippen LogP contribution < -0.4 is 10.6 Å². The first-order valence-corrected chi connectivity index (χ1v) is 15.5. The number of rotatable bonds is 11. The molecule has 0 saturated carbocycles. The zero-order valence-electron chi connectivity index (χ0n) is 26.7. The molecule has 0 aliphatic carbocycles. The van der Waals surface area contributed by atoms with Gasteiger partial charge in [0.15, 0.2) is 6.04 Å². The molecule has 3 N–H and O–H groups in total. The quantitative estimate of drug-likeness (QED) is 0.224. The van der Waals surface area contributed by atoms with Crippen LogP contribution in [0.5, 0.6) is 0 Å². The molecule has 0 spiro atoms. The van der Waals surface area contributed by atoms with E-state index in [1.807, 2.05) is 80.6 Å². The minimum absolute atomic E-state index is 0.121. The van der Waals surface area contributed by atoms with Crippen LogP contribution in [0.4, 0.5) is 10.5 Å². The summed E-state index contributed by atoms with van der Waals surface area (Å²) in [4.78, 5) is 46.2. The Bertz CT molecular complexity index is 1480. The van der Waals surface area contributed by atoms with Crippen LogP contribution in [-0.4, -0.2) is 64.0 Å². The lowest BCUT2D eigenvalue weighted by Gasteiger charge is -2.29. The van der Waals surface area contributed by atoms with Crippen molar-refractivity contribution in [1.29, 1.82) is 0 Å². The highest BCUT2D eigenvalue weighted by atomic mass is 16.6. The SMILES string of the molecule is CC(C)[C@H](NC(=O)OC(C)(C)C)[C@@H](N=C(c1ccccc1)c1ccccc1NC(=O)[C@H]1CCCN1Cc1ccccc1)C(=O)O. The number of carbonyl (C=O) groups is 3. The average Bonchev–Trinajstić information content (AvgIpc) is 3.45. The number of carboxylic acids is 1. The maximum absolute atomic E-state index is 13.7. The molecule has 45 heavy (non-hydrogen) atoms. The number of amides is 2. The van der Waals surface area contributed by atoms with Gasteiger partial charge in [0.05, 0.1) is 23.5 Å². The topological polar surface area (TPSA) is 120 Å². The number of carboxylic acid groups (broad SMARTS) is 1. The van der Waals surface area contributed by atoms with Crippen LogP contribution in [0.3, 0.4) is 0 Å². The van der Waals surface area contributed by atoms with Crippen LogP contribution in [-0.2, 0) is 20.9 Å². The third kappa shape index (κ3) is 9.25. The lowest BCUT2D eigenvalue weighted by molar-refractivity contribution is -0.139. The number of nitrogens with zero attached hydrogens (tertiary/aromatic N) is 2. The molecule has 1 aliphatic rings. The summed E-state index contributed by atoms with van der Waals surface area (Å²) in [6.45, 7) is 10.4. The molecule has 238 valence electrons. The predicted molar refractivity (Wildman–Crippen MR) is 176 cm³/mol. The van der Waals surface area contributed by atoms with E-state index in [-0.39, 0.29) is 17.9 Å². The van der Waals surface area contributed by atoms with Crippen LogP contribution in [0.1, 0.15) is 64.2 Å². The number of anilines is 1. The molecule has 0 bridgehead atoms. The second-order valence-corrected chi connectivity index (χ2v) is 12.7. The number of benzene rings is 3.